The lowest BCUT2D eigenvalue weighted by Crippen LogP contribution is -2.52. The molecule has 0 saturated carbocycles. The number of imide groups is 1. The van der Waals surface area contributed by atoms with Crippen molar-refractivity contribution in [1.29, 1.82) is 0 Å². The van der Waals surface area contributed by atoms with Crippen LogP contribution in [0.4, 0.5) is 23.1 Å². The van der Waals surface area contributed by atoms with Gasteiger partial charge in [-0.3, -0.25) is 34.2 Å². The van der Waals surface area contributed by atoms with Crippen LogP contribution in [0.15, 0.2) is 47.4 Å². The first-order chi connectivity index (χ1) is 29.4. The van der Waals surface area contributed by atoms with Crippen LogP contribution in [0.5, 0.6) is 11.5 Å². The Kier molecular flexibility index (Phi) is 12.0. The number of amides is 4. The van der Waals surface area contributed by atoms with E-state index in [1.54, 1.807) is 34.9 Å². The fourth-order valence-corrected chi connectivity index (χ4v) is 8.97. The lowest BCUT2D eigenvalue weighted by molar-refractivity contribution is -0.137. The molecule has 8 rings (SSSR count). The second-order valence-corrected chi connectivity index (χ2v) is 16.7. The number of hydrogen-bond acceptors (Lipinski definition) is 13. The zero-order valence-electron chi connectivity index (χ0n) is 34.8. The summed E-state index contributed by atoms with van der Waals surface area (Å²) in [6.07, 6.45) is 4.14. The molecule has 322 valence electrons. The van der Waals surface area contributed by atoms with Crippen LogP contribution in [-0.2, 0) is 20.9 Å². The van der Waals surface area contributed by atoms with E-state index in [0.717, 1.165) is 80.8 Å². The Morgan fingerprint density at radius 2 is 1.75 bits per heavy atom. The summed E-state index contributed by atoms with van der Waals surface area (Å²) in [6, 6.07) is 10.2. The van der Waals surface area contributed by atoms with Gasteiger partial charge in [-0.2, -0.15) is 4.98 Å². The van der Waals surface area contributed by atoms with E-state index in [0.29, 0.717) is 52.7 Å². The molecule has 61 heavy (non-hydrogen) atoms. The Morgan fingerprint density at radius 3 is 2.46 bits per heavy atom. The standard InChI is InChI=1S/C43H51ClN10O7/c1-25(2)54-33-6-5-28(17-27(33)18-36(42(54)59)61-24-38(56)45-3)47-39-32(44)21-46-43(49-39)52-15-13-50(14-16-52)22-26-9-11-51(12-10-26)35-20-29(60-4)19-30-31(35)23-53(41(30)58)34-7-8-37(55)48-40(34)57/h5-6,17-21,25-26,34H,7-16,22-24H2,1-4H3,(H,45,56)(H,46,47,49)(H,48,55,57). The van der Waals surface area contributed by atoms with Crippen LogP contribution in [0.25, 0.3) is 10.9 Å². The number of halogens is 1. The van der Waals surface area contributed by atoms with Crippen molar-refractivity contribution in [1.82, 2.24) is 35.0 Å². The Bertz CT molecular complexity index is 2430. The van der Waals surface area contributed by atoms with Gasteiger partial charge in [-0.05, 0) is 69.4 Å². The number of nitrogens with one attached hydrogen (secondary N) is 3. The molecule has 1 unspecified atom stereocenters. The molecule has 4 amide bonds. The molecular formula is C43H51ClN10O7. The van der Waals surface area contributed by atoms with Gasteiger partial charge >= 0.3 is 0 Å². The van der Waals surface area contributed by atoms with E-state index in [1.807, 2.05) is 38.1 Å². The van der Waals surface area contributed by atoms with Crippen LogP contribution in [0.2, 0.25) is 5.02 Å². The van der Waals surface area contributed by atoms with Gasteiger partial charge in [0.2, 0.25) is 17.8 Å². The topological polar surface area (TPSA) is 184 Å². The largest absolute Gasteiger partial charge is 0.497 e. The van der Waals surface area contributed by atoms with Gasteiger partial charge in [-0.25, -0.2) is 4.98 Å². The van der Waals surface area contributed by atoms with E-state index < -0.39 is 11.9 Å². The highest BCUT2D eigenvalue weighted by Crippen LogP contribution is 2.39. The van der Waals surface area contributed by atoms with Crippen LogP contribution >= 0.6 is 11.6 Å². The third kappa shape index (κ3) is 8.66. The average Bonchev–Trinajstić information content (AvgIpc) is 3.58. The number of nitrogens with zero attached hydrogens (tertiary/aromatic N) is 7. The number of likely N-dealkylation sites (N-methyl/N-ethyl adjacent to an activating group) is 1. The normalized spacial score (nSPS) is 18.8. The smallest absolute Gasteiger partial charge is 0.293 e. The molecular weight excluding hydrogens is 804 g/mol. The van der Waals surface area contributed by atoms with Crippen LogP contribution in [0.3, 0.4) is 0 Å². The van der Waals surface area contributed by atoms with Crippen LogP contribution < -0.4 is 40.8 Å². The monoisotopic (exact) mass is 854 g/mol. The Morgan fingerprint density at radius 1 is 0.984 bits per heavy atom. The molecule has 0 bridgehead atoms. The maximum atomic E-state index is 13.6. The van der Waals surface area contributed by atoms with Gasteiger partial charge in [0, 0.05) is 100 Å². The summed E-state index contributed by atoms with van der Waals surface area (Å²) in [5, 5.41) is 9.34. The van der Waals surface area contributed by atoms with Gasteiger partial charge < -0.3 is 39.4 Å². The fourth-order valence-electron chi connectivity index (χ4n) is 8.83. The summed E-state index contributed by atoms with van der Waals surface area (Å²) in [5.41, 5.74) is 3.56. The number of benzene rings is 2. The van der Waals surface area contributed by atoms with Crippen LogP contribution in [-0.4, -0.2) is 121 Å². The Labute approximate surface area is 358 Å². The molecule has 0 aliphatic carbocycles. The first-order valence-electron chi connectivity index (χ1n) is 20.8. The van der Waals surface area contributed by atoms with Crippen molar-refractivity contribution >= 4 is 69.3 Å². The molecule has 4 aromatic rings. The van der Waals surface area contributed by atoms with Crippen molar-refractivity contribution in [3.05, 3.63) is 69.1 Å². The van der Waals surface area contributed by atoms with Crippen molar-refractivity contribution in [3.8, 4) is 11.5 Å². The van der Waals surface area contributed by atoms with E-state index in [1.165, 1.54) is 7.05 Å². The van der Waals surface area contributed by atoms with Crippen molar-refractivity contribution in [2.24, 2.45) is 5.92 Å². The number of pyridine rings is 1. The van der Waals surface area contributed by atoms with Crippen molar-refractivity contribution in [2.75, 3.05) is 81.7 Å². The second kappa shape index (κ2) is 17.6. The lowest BCUT2D eigenvalue weighted by Gasteiger charge is -2.39. The highest BCUT2D eigenvalue weighted by atomic mass is 35.5. The minimum atomic E-state index is -0.670. The highest BCUT2D eigenvalue weighted by Gasteiger charge is 2.41. The number of piperidine rings is 2. The molecule has 17 nitrogen and oxygen atoms in total. The zero-order valence-corrected chi connectivity index (χ0v) is 35.6. The van der Waals surface area contributed by atoms with Gasteiger partial charge in [0.25, 0.3) is 17.4 Å². The third-order valence-corrected chi connectivity index (χ3v) is 12.4. The average molecular weight is 855 g/mol. The van der Waals surface area contributed by atoms with E-state index in [4.69, 9.17) is 26.1 Å². The highest BCUT2D eigenvalue weighted by molar-refractivity contribution is 6.33. The number of methoxy groups -OCH3 is 1. The van der Waals surface area contributed by atoms with Crippen molar-refractivity contribution in [2.45, 2.75) is 58.2 Å². The van der Waals surface area contributed by atoms with Gasteiger partial charge in [0.05, 0.1) is 24.4 Å². The quantitative estimate of drug-likeness (QED) is 0.176. The molecule has 18 heteroatoms. The number of fused-ring (bicyclic) bond motifs is 2. The molecule has 1 atom stereocenters. The van der Waals surface area contributed by atoms with Crippen molar-refractivity contribution in [3.63, 3.8) is 0 Å². The van der Waals surface area contributed by atoms with Crippen LogP contribution in [0, 0.1) is 5.92 Å². The number of carbonyl (C=O) groups excluding carboxylic acids is 4. The molecule has 4 aliphatic heterocycles. The predicted molar refractivity (Wildman–Crippen MR) is 231 cm³/mol. The first-order valence-corrected chi connectivity index (χ1v) is 21.2. The maximum absolute atomic E-state index is 13.6. The third-order valence-electron chi connectivity index (χ3n) is 12.1. The van der Waals surface area contributed by atoms with Crippen molar-refractivity contribution < 1.29 is 28.7 Å². The molecule has 0 radical (unpaired) electrons. The lowest BCUT2D eigenvalue weighted by atomic mass is 9.94. The number of piperazine rings is 1. The molecule has 4 aliphatic rings. The van der Waals surface area contributed by atoms with Gasteiger partial charge in [0.15, 0.2) is 18.2 Å². The fraction of sp³-hybridized carbons (Fsp3) is 0.465. The first kappa shape index (κ1) is 41.8. The number of carbonyl (C=O) groups is 4. The summed E-state index contributed by atoms with van der Waals surface area (Å²) in [4.78, 5) is 81.1. The summed E-state index contributed by atoms with van der Waals surface area (Å²) < 4.78 is 12.9. The number of hydrogen-bond donors (Lipinski definition) is 3. The SMILES string of the molecule is CNC(=O)COc1cc2cc(Nc3nc(N4CCN(CC5CCN(c6cc(OC)cc7c6CN(C6CCC(=O)NC6=O)C7=O)CC5)CC4)ncc3Cl)ccc2n(C(C)C)c1=O. The maximum Gasteiger partial charge on any atom is 0.293 e. The number of aromatic nitrogens is 3. The predicted octanol–water partition coefficient (Wildman–Crippen LogP) is 3.70. The summed E-state index contributed by atoms with van der Waals surface area (Å²) >= 11 is 6.61. The molecule has 3 saturated heterocycles. The summed E-state index contributed by atoms with van der Waals surface area (Å²) in [7, 11) is 3.10. The van der Waals surface area contributed by atoms with Crippen LogP contribution in [0.1, 0.15) is 61.5 Å². The van der Waals surface area contributed by atoms with E-state index in [2.05, 4.69) is 35.6 Å². The van der Waals surface area contributed by atoms with Gasteiger partial charge in [-0.1, -0.05) is 11.6 Å². The van der Waals surface area contributed by atoms with Gasteiger partial charge in [-0.15, -0.1) is 0 Å². The Hall–Kier alpha value is -5.94. The number of ether oxygens (including phenoxy) is 2. The van der Waals surface area contributed by atoms with Gasteiger partial charge in [0.1, 0.15) is 16.8 Å². The number of anilines is 4. The minimum absolute atomic E-state index is 0.0883. The summed E-state index contributed by atoms with van der Waals surface area (Å²) in [5.74, 6) is 0.987. The molecule has 2 aromatic carbocycles. The zero-order chi connectivity index (χ0) is 42.9. The van der Waals surface area contributed by atoms with E-state index in [9.17, 15) is 24.0 Å². The molecule has 0 spiro atoms. The molecule has 3 fully saturated rings. The Balaban J connectivity index is 0.875. The second-order valence-electron chi connectivity index (χ2n) is 16.3. The molecule has 3 N–H and O–H groups in total. The van der Waals surface area contributed by atoms with E-state index in [-0.39, 0.29) is 48.1 Å². The molecule has 6 heterocycles. The van der Waals surface area contributed by atoms with E-state index >= 15 is 0 Å². The number of rotatable bonds is 12. The minimum Gasteiger partial charge on any atom is -0.497 e. The molecule has 2 aromatic heterocycles. The summed E-state index contributed by atoms with van der Waals surface area (Å²) in [6.45, 7) is 9.81.